The predicted molar refractivity (Wildman–Crippen MR) is 161 cm³/mol. The molecule has 37 heavy (non-hydrogen) atoms. The van der Waals surface area contributed by atoms with Gasteiger partial charge in [-0.3, -0.25) is 0 Å². The molecular formula is C35H52N2. The first kappa shape index (κ1) is 29.3. The fourth-order valence-electron chi connectivity index (χ4n) is 5.49. The number of hydrogen-bond donors (Lipinski definition) is 0. The Labute approximate surface area is 229 Å². The largest absolute Gasteiger partial charge is 0.342 e. The van der Waals surface area contributed by atoms with Crippen LogP contribution in [0.25, 0.3) is 0 Å². The second kappa shape index (κ2) is 12.1. The Hall–Kier alpha value is -2.22. The molecule has 0 unspecified atom stereocenters. The maximum atomic E-state index is 3.68. The average Bonchev–Trinajstić information content (AvgIpc) is 3.24. The van der Waals surface area contributed by atoms with Crippen molar-refractivity contribution in [2.45, 2.75) is 132 Å². The summed E-state index contributed by atoms with van der Waals surface area (Å²) in [6, 6.07) is 9.81. The van der Waals surface area contributed by atoms with E-state index < -0.39 is 0 Å². The molecule has 0 spiro atoms. The van der Waals surface area contributed by atoms with Gasteiger partial charge in [0.05, 0.1) is 0 Å². The van der Waals surface area contributed by atoms with Gasteiger partial charge in [-0.2, -0.15) is 0 Å². The standard InChI is InChI=1S/C35H52N2/c1-22(2)28-15-30(24(5)6)34(31(16-28)25(7)8)19-36-13-14-37(21-36)20-35-32(26(9)10)17-29(23(3)4)18-33(35)27(11)12/h13-18,22-27H,19-20H2,1-12H3. The molecule has 0 aliphatic carbocycles. The van der Waals surface area contributed by atoms with Gasteiger partial charge in [-0.1, -0.05) is 107 Å². The van der Waals surface area contributed by atoms with Crippen LogP contribution >= 0.6 is 0 Å². The molecule has 1 aliphatic rings. The summed E-state index contributed by atoms with van der Waals surface area (Å²) in [6.07, 6.45) is 4.41. The number of hydrogen-bond acceptors (Lipinski definition) is 2. The van der Waals surface area contributed by atoms with Crippen molar-refractivity contribution in [2.75, 3.05) is 0 Å². The van der Waals surface area contributed by atoms with Gasteiger partial charge in [-0.25, -0.2) is 0 Å². The van der Waals surface area contributed by atoms with Gasteiger partial charge in [0.15, 0.2) is 0 Å². The Morgan fingerprint density at radius 1 is 0.459 bits per heavy atom. The second-order valence-electron chi connectivity index (χ2n) is 12.9. The highest BCUT2D eigenvalue weighted by Crippen LogP contribution is 2.36. The van der Waals surface area contributed by atoms with Crippen molar-refractivity contribution in [1.82, 2.24) is 9.80 Å². The van der Waals surface area contributed by atoms with Crippen molar-refractivity contribution in [3.05, 3.63) is 87.8 Å². The lowest BCUT2D eigenvalue weighted by molar-refractivity contribution is 0.331. The molecule has 0 saturated carbocycles. The van der Waals surface area contributed by atoms with Crippen molar-refractivity contribution in [2.24, 2.45) is 0 Å². The molecule has 0 bridgehead atoms. The Morgan fingerprint density at radius 2 is 0.730 bits per heavy atom. The van der Waals surface area contributed by atoms with Crippen LogP contribution in [0.5, 0.6) is 0 Å². The maximum absolute atomic E-state index is 3.68. The summed E-state index contributed by atoms with van der Waals surface area (Å²) in [4.78, 5) is 4.52. The van der Waals surface area contributed by atoms with Crippen molar-refractivity contribution >= 4 is 0 Å². The van der Waals surface area contributed by atoms with E-state index in [-0.39, 0.29) is 0 Å². The zero-order chi connectivity index (χ0) is 27.6. The van der Waals surface area contributed by atoms with Gasteiger partial charge in [-0.05, 0) is 80.0 Å². The highest BCUT2D eigenvalue weighted by Gasteiger charge is 2.24. The van der Waals surface area contributed by atoms with E-state index in [0.717, 1.165) is 13.1 Å². The third-order valence-electron chi connectivity index (χ3n) is 7.84. The third kappa shape index (κ3) is 6.81. The van der Waals surface area contributed by atoms with Crippen LogP contribution in [0, 0.1) is 6.67 Å². The summed E-state index contributed by atoms with van der Waals surface area (Å²) in [5.41, 5.74) is 11.8. The first-order valence-electron chi connectivity index (χ1n) is 14.6. The molecule has 202 valence electrons. The summed E-state index contributed by atoms with van der Waals surface area (Å²) in [6.45, 7) is 33.2. The van der Waals surface area contributed by atoms with Crippen LogP contribution in [-0.4, -0.2) is 9.80 Å². The van der Waals surface area contributed by atoms with Crippen LogP contribution in [-0.2, 0) is 13.1 Å². The highest BCUT2D eigenvalue weighted by atomic mass is 15.3. The average molecular weight is 501 g/mol. The molecule has 1 aliphatic heterocycles. The Balaban J connectivity index is 1.89. The van der Waals surface area contributed by atoms with Crippen molar-refractivity contribution < 1.29 is 0 Å². The quantitative estimate of drug-likeness (QED) is 0.320. The molecule has 1 heterocycles. The lowest BCUT2D eigenvalue weighted by Gasteiger charge is -2.28. The Morgan fingerprint density at radius 3 is 0.946 bits per heavy atom. The van der Waals surface area contributed by atoms with Gasteiger partial charge in [-0.15, -0.1) is 0 Å². The Kier molecular flexibility index (Phi) is 9.59. The second-order valence-corrected chi connectivity index (χ2v) is 12.9. The molecule has 2 radical (unpaired) electrons. The van der Waals surface area contributed by atoms with E-state index in [0.29, 0.717) is 35.5 Å². The van der Waals surface area contributed by atoms with Crippen LogP contribution in [0.1, 0.15) is 163 Å². The predicted octanol–water partition coefficient (Wildman–Crippen LogP) is 10.2. The summed E-state index contributed by atoms with van der Waals surface area (Å²) in [7, 11) is 0. The third-order valence-corrected chi connectivity index (χ3v) is 7.84. The zero-order valence-electron chi connectivity index (χ0n) is 25.7. The van der Waals surface area contributed by atoms with E-state index in [1.54, 1.807) is 0 Å². The summed E-state index contributed by atoms with van der Waals surface area (Å²) < 4.78 is 0. The lowest BCUT2D eigenvalue weighted by Crippen LogP contribution is -2.22. The van der Waals surface area contributed by atoms with E-state index in [4.69, 9.17) is 0 Å². The first-order chi connectivity index (χ1) is 17.3. The van der Waals surface area contributed by atoms with E-state index in [1.165, 1.54) is 44.5 Å². The fourth-order valence-corrected chi connectivity index (χ4v) is 5.49. The Bertz CT molecular complexity index is 941. The molecule has 2 aromatic carbocycles. The molecule has 2 heteroatoms. The molecule has 2 nitrogen and oxygen atoms in total. The van der Waals surface area contributed by atoms with Gasteiger partial charge in [0.2, 0.25) is 6.67 Å². The minimum atomic E-state index is 0.496. The monoisotopic (exact) mass is 500 g/mol. The van der Waals surface area contributed by atoms with Crippen molar-refractivity contribution in [3.8, 4) is 0 Å². The van der Waals surface area contributed by atoms with Crippen LogP contribution in [0.2, 0.25) is 0 Å². The van der Waals surface area contributed by atoms with E-state index in [1.807, 2.05) is 0 Å². The van der Waals surface area contributed by atoms with Crippen LogP contribution in [0.3, 0.4) is 0 Å². The first-order valence-corrected chi connectivity index (χ1v) is 14.6. The number of rotatable bonds is 10. The van der Waals surface area contributed by atoms with Crippen molar-refractivity contribution in [3.63, 3.8) is 0 Å². The minimum absolute atomic E-state index is 0.496. The van der Waals surface area contributed by atoms with Crippen LogP contribution in [0.15, 0.2) is 36.7 Å². The lowest BCUT2D eigenvalue weighted by atomic mass is 9.84. The fraction of sp³-hybridized carbons (Fsp3) is 0.571. The molecule has 0 aromatic heterocycles. The smallest absolute Gasteiger partial charge is 0.208 e. The van der Waals surface area contributed by atoms with E-state index in [2.05, 4.69) is 136 Å². The van der Waals surface area contributed by atoms with Gasteiger partial charge in [0.1, 0.15) is 0 Å². The normalized spacial score (nSPS) is 14.2. The summed E-state index contributed by atoms with van der Waals surface area (Å²) in [5.74, 6) is 3.06. The van der Waals surface area contributed by atoms with Crippen LogP contribution < -0.4 is 0 Å². The number of nitrogens with zero attached hydrogens (tertiary/aromatic N) is 2. The topological polar surface area (TPSA) is 6.48 Å². The van der Waals surface area contributed by atoms with E-state index >= 15 is 0 Å². The number of benzene rings is 2. The van der Waals surface area contributed by atoms with Gasteiger partial charge in [0, 0.05) is 25.5 Å². The molecule has 0 saturated heterocycles. The van der Waals surface area contributed by atoms with E-state index in [9.17, 15) is 0 Å². The molecule has 0 fully saturated rings. The molecule has 0 N–H and O–H groups in total. The summed E-state index contributed by atoms with van der Waals surface area (Å²) >= 11 is 0. The molecule has 0 atom stereocenters. The SMILES string of the molecule is CC(C)c1cc(C(C)C)c(CN2[C]N(Cc3c(C(C)C)cc(C(C)C)cc3C(C)C)C=C2)c(C(C)C)c1. The van der Waals surface area contributed by atoms with Gasteiger partial charge < -0.3 is 9.80 Å². The maximum Gasteiger partial charge on any atom is 0.208 e. The van der Waals surface area contributed by atoms with Gasteiger partial charge >= 0.3 is 0 Å². The molecule has 3 rings (SSSR count). The molecule has 0 amide bonds. The highest BCUT2D eigenvalue weighted by molar-refractivity contribution is 5.45. The molecule has 2 aromatic rings. The van der Waals surface area contributed by atoms with Gasteiger partial charge in [0.25, 0.3) is 0 Å². The zero-order valence-corrected chi connectivity index (χ0v) is 25.7. The van der Waals surface area contributed by atoms with Crippen molar-refractivity contribution in [1.29, 1.82) is 0 Å². The summed E-state index contributed by atoms with van der Waals surface area (Å²) in [5, 5.41) is 0. The molecular weight excluding hydrogens is 448 g/mol. The van der Waals surface area contributed by atoms with Crippen LogP contribution in [0.4, 0.5) is 0 Å². The minimum Gasteiger partial charge on any atom is -0.342 e.